The van der Waals surface area contributed by atoms with E-state index in [4.69, 9.17) is 5.11 Å². The van der Waals surface area contributed by atoms with Crippen LogP contribution in [0.5, 0.6) is 0 Å². The largest absolute Gasteiger partial charge is 0.392 e. The zero-order chi connectivity index (χ0) is 9.14. The van der Waals surface area contributed by atoms with E-state index < -0.39 is 0 Å². The van der Waals surface area contributed by atoms with Crippen molar-refractivity contribution in [2.75, 3.05) is 20.7 Å². The van der Waals surface area contributed by atoms with Gasteiger partial charge in [0.15, 0.2) is 0 Å². The monoisotopic (exact) mass is 167 g/mol. The van der Waals surface area contributed by atoms with Crippen LogP contribution in [0.3, 0.4) is 0 Å². The standard InChI is InChI=1S/C10H17NO/c1-8(11(2)3)10-5-4-9(6-10)7-12/h4-6,8,10,12H,7H2,1-3H3/t8-,10?/m1/s1. The van der Waals surface area contributed by atoms with Crippen molar-refractivity contribution in [3.05, 3.63) is 23.8 Å². The molecular weight excluding hydrogens is 150 g/mol. The third-order valence-electron chi connectivity index (χ3n) is 2.49. The summed E-state index contributed by atoms with van der Waals surface area (Å²) in [6, 6.07) is 0.505. The van der Waals surface area contributed by atoms with Crippen LogP contribution in [0.25, 0.3) is 0 Å². The van der Waals surface area contributed by atoms with Crippen LogP contribution in [-0.4, -0.2) is 36.8 Å². The fraction of sp³-hybridized carbons (Fsp3) is 0.600. The summed E-state index contributed by atoms with van der Waals surface area (Å²) in [5.41, 5.74) is 1.04. The molecule has 0 radical (unpaired) electrons. The Balaban J connectivity index is 2.58. The van der Waals surface area contributed by atoms with E-state index in [0.717, 1.165) is 5.57 Å². The second-order valence-electron chi connectivity index (χ2n) is 3.54. The Hall–Kier alpha value is -0.600. The van der Waals surface area contributed by atoms with Crippen molar-refractivity contribution in [3.63, 3.8) is 0 Å². The van der Waals surface area contributed by atoms with Crippen LogP contribution in [0.15, 0.2) is 23.8 Å². The van der Waals surface area contributed by atoms with Gasteiger partial charge in [0, 0.05) is 12.0 Å². The SMILES string of the molecule is C[C@H](C1C=CC(CO)=C1)N(C)C. The zero-order valence-electron chi connectivity index (χ0n) is 7.99. The first-order valence-corrected chi connectivity index (χ1v) is 4.31. The normalized spacial score (nSPS) is 24.8. The van der Waals surface area contributed by atoms with Crippen molar-refractivity contribution in [3.8, 4) is 0 Å². The first-order valence-electron chi connectivity index (χ1n) is 4.31. The first kappa shape index (κ1) is 9.49. The Morgan fingerprint density at radius 3 is 2.67 bits per heavy atom. The van der Waals surface area contributed by atoms with E-state index in [1.807, 2.05) is 6.08 Å². The molecule has 0 aromatic carbocycles. The van der Waals surface area contributed by atoms with Gasteiger partial charge in [-0.3, -0.25) is 0 Å². The van der Waals surface area contributed by atoms with Gasteiger partial charge in [-0.15, -0.1) is 0 Å². The van der Waals surface area contributed by atoms with Crippen LogP contribution in [0.1, 0.15) is 6.92 Å². The molecule has 12 heavy (non-hydrogen) atoms. The van der Waals surface area contributed by atoms with Crippen molar-refractivity contribution in [1.29, 1.82) is 0 Å². The van der Waals surface area contributed by atoms with Crippen molar-refractivity contribution in [2.45, 2.75) is 13.0 Å². The summed E-state index contributed by atoms with van der Waals surface area (Å²) in [4.78, 5) is 2.19. The quantitative estimate of drug-likeness (QED) is 0.679. The van der Waals surface area contributed by atoms with Gasteiger partial charge in [0.1, 0.15) is 0 Å². The summed E-state index contributed by atoms with van der Waals surface area (Å²) in [7, 11) is 4.15. The van der Waals surface area contributed by atoms with E-state index in [9.17, 15) is 0 Å². The predicted molar refractivity (Wildman–Crippen MR) is 50.9 cm³/mol. The maximum atomic E-state index is 8.87. The number of nitrogens with zero attached hydrogens (tertiary/aromatic N) is 1. The van der Waals surface area contributed by atoms with Gasteiger partial charge in [0.2, 0.25) is 0 Å². The van der Waals surface area contributed by atoms with Crippen LogP contribution in [-0.2, 0) is 0 Å². The summed E-state index contributed by atoms with van der Waals surface area (Å²) in [6.07, 6.45) is 6.28. The minimum absolute atomic E-state index is 0.160. The van der Waals surface area contributed by atoms with E-state index in [1.165, 1.54) is 0 Å². The molecule has 0 aromatic heterocycles. The molecule has 0 aliphatic heterocycles. The Bertz CT molecular complexity index is 206. The Kier molecular flexibility index (Phi) is 3.06. The van der Waals surface area contributed by atoms with Gasteiger partial charge in [-0.2, -0.15) is 0 Å². The van der Waals surface area contributed by atoms with E-state index >= 15 is 0 Å². The average Bonchev–Trinajstić information content (AvgIpc) is 2.50. The highest BCUT2D eigenvalue weighted by molar-refractivity contribution is 5.30. The number of rotatable bonds is 3. The Labute approximate surface area is 74.2 Å². The molecule has 0 saturated carbocycles. The van der Waals surface area contributed by atoms with Crippen molar-refractivity contribution in [2.24, 2.45) is 5.92 Å². The lowest BCUT2D eigenvalue weighted by Gasteiger charge is -2.23. The van der Waals surface area contributed by atoms with E-state index in [1.54, 1.807) is 0 Å². The van der Waals surface area contributed by atoms with Gasteiger partial charge in [0.05, 0.1) is 6.61 Å². The highest BCUT2D eigenvalue weighted by atomic mass is 16.3. The molecule has 1 unspecified atom stereocenters. The molecular formula is C10H17NO. The summed E-state index contributed by atoms with van der Waals surface area (Å²) >= 11 is 0. The van der Waals surface area contributed by atoms with Crippen molar-refractivity contribution >= 4 is 0 Å². The van der Waals surface area contributed by atoms with Crippen LogP contribution in [0.2, 0.25) is 0 Å². The van der Waals surface area contributed by atoms with E-state index in [-0.39, 0.29) is 6.61 Å². The smallest absolute Gasteiger partial charge is 0.0678 e. The van der Waals surface area contributed by atoms with Gasteiger partial charge >= 0.3 is 0 Å². The molecule has 1 N–H and O–H groups in total. The predicted octanol–water partition coefficient (Wildman–Crippen LogP) is 1.04. The number of hydrogen-bond donors (Lipinski definition) is 1. The van der Waals surface area contributed by atoms with Crippen LogP contribution >= 0.6 is 0 Å². The molecule has 0 fully saturated rings. The third kappa shape index (κ3) is 1.96. The average molecular weight is 167 g/mol. The lowest BCUT2D eigenvalue weighted by atomic mass is 10.0. The van der Waals surface area contributed by atoms with Gasteiger partial charge in [-0.25, -0.2) is 0 Å². The molecule has 1 aliphatic rings. The summed E-state index contributed by atoms with van der Waals surface area (Å²) in [5.74, 6) is 0.460. The fourth-order valence-electron chi connectivity index (χ4n) is 1.34. The lowest BCUT2D eigenvalue weighted by Crippen LogP contribution is -2.30. The molecule has 0 heterocycles. The number of aliphatic hydroxyl groups excluding tert-OH is 1. The molecule has 2 heteroatoms. The Morgan fingerprint density at radius 2 is 2.25 bits per heavy atom. The molecule has 68 valence electrons. The third-order valence-corrected chi connectivity index (χ3v) is 2.49. The van der Waals surface area contributed by atoms with Crippen LogP contribution in [0, 0.1) is 5.92 Å². The summed E-state index contributed by atoms with van der Waals surface area (Å²) < 4.78 is 0. The maximum Gasteiger partial charge on any atom is 0.0678 e. The lowest BCUT2D eigenvalue weighted by molar-refractivity contribution is 0.281. The first-order chi connectivity index (χ1) is 5.65. The van der Waals surface area contributed by atoms with Crippen LogP contribution in [0.4, 0.5) is 0 Å². The van der Waals surface area contributed by atoms with Crippen molar-refractivity contribution in [1.82, 2.24) is 4.90 Å². The maximum absolute atomic E-state index is 8.87. The number of hydrogen-bond acceptors (Lipinski definition) is 2. The molecule has 0 amide bonds. The van der Waals surface area contributed by atoms with E-state index in [2.05, 4.69) is 38.1 Å². The summed E-state index contributed by atoms with van der Waals surface area (Å²) in [6.45, 7) is 2.35. The minimum Gasteiger partial charge on any atom is -0.392 e. The summed E-state index contributed by atoms with van der Waals surface area (Å²) in [5, 5.41) is 8.87. The molecule has 1 rings (SSSR count). The Morgan fingerprint density at radius 1 is 1.58 bits per heavy atom. The van der Waals surface area contributed by atoms with E-state index in [0.29, 0.717) is 12.0 Å². The highest BCUT2D eigenvalue weighted by Crippen LogP contribution is 2.20. The van der Waals surface area contributed by atoms with Gasteiger partial charge < -0.3 is 10.0 Å². The second-order valence-corrected chi connectivity index (χ2v) is 3.54. The molecule has 0 spiro atoms. The minimum atomic E-state index is 0.160. The molecule has 0 saturated heterocycles. The molecule has 0 bridgehead atoms. The van der Waals surface area contributed by atoms with Crippen molar-refractivity contribution < 1.29 is 5.11 Å². The number of aliphatic hydroxyl groups is 1. The fourth-order valence-corrected chi connectivity index (χ4v) is 1.34. The molecule has 2 atom stereocenters. The second kappa shape index (κ2) is 3.87. The zero-order valence-corrected chi connectivity index (χ0v) is 7.99. The molecule has 0 aromatic rings. The highest BCUT2D eigenvalue weighted by Gasteiger charge is 2.17. The topological polar surface area (TPSA) is 23.5 Å². The molecule has 1 aliphatic carbocycles. The van der Waals surface area contributed by atoms with Gasteiger partial charge in [-0.05, 0) is 26.6 Å². The van der Waals surface area contributed by atoms with Gasteiger partial charge in [0.25, 0.3) is 0 Å². The van der Waals surface area contributed by atoms with Gasteiger partial charge in [-0.1, -0.05) is 18.2 Å². The molecule has 2 nitrogen and oxygen atoms in total. The van der Waals surface area contributed by atoms with Crippen LogP contribution < -0.4 is 0 Å².